The summed E-state index contributed by atoms with van der Waals surface area (Å²) >= 11 is 0. The Bertz CT molecular complexity index is 387. The van der Waals surface area contributed by atoms with Gasteiger partial charge in [-0.2, -0.15) is 0 Å². The van der Waals surface area contributed by atoms with Crippen LogP contribution in [0, 0.1) is 0 Å². The Morgan fingerprint density at radius 3 is 2.44 bits per heavy atom. The number of carbonyl (C=O) groups is 2. The van der Waals surface area contributed by atoms with Crippen molar-refractivity contribution in [2.45, 2.75) is 6.54 Å². The fraction of sp³-hybridized carbons (Fsp3) is 0.167. The van der Waals surface area contributed by atoms with Gasteiger partial charge in [-0.3, -0.25) is 9.59 Å². The Balaban J connectivity index is 2.74. The third kappa shape index (κ3) is 3.57. The van der Waals surface area contributed by atoms with Crippen molar-refractivity contribution in [3.05, 3.63) is 48.6 Å². The molecule has 0 radical (unpaired) electrons. The predicted octanol–water partition coefficient (Wildman–Crippen LogP) is 1.29. The third-order valence-corrected chi connectivity index (χ3v) is 2.03. The molecule has 0 aliphatic carbocycles. The second-order valence-corrected chi connectivity index (χ2v) is 3.28. The van der Waals surface area contributed by atoms with Crippen LogP contribution < -0.4 is 0 Å². The molecule has 0 heterocycles. The molecule has 4 nitrogen and oxygen atoms in total. The molecule has 0 saturated carbocycles. The van der Waals surface area contributed by atoms with Crippen LogP contribution in [0.4, 0.5) is 0 Å². The first-order valence-electron chi connectivity index (χ1n) is 4.80. The van der Waals surface area contributed by atoms with Crippen molar-refractivity contribution in [3.63, 3.8) is 0 Å². The quantitative estimate of drug-likeness (QED) is 0.759. The number of carbonyl (C=O) groups excluding carboxylic acids is 1. The summed E-state index contributed by atoms with van der Waals surface area (Å²) in [5.74, 6) is -1.42. The van der Waals surface area contributed by atoms with E-state index < -0.39 is 5.97 Å². The minimum Gasteiger partial charge on any atom is -0.480 e. The van der Waals surface area contributed by atoms with Gasteiger partial charge in [0.25, 0.3) is 0 Å². The summed E-state index contributed by atoms with van der Waals surface area (Å²) in [7, 11) is 0. The Labute approximate surface area is 93.8 Å². The molecule has 0 aliphatic heterocycles. The molecule has 4 heteroatoms. The number of rotatable bonds is 5. The zero-order valence-corrected chi connectivity index (χ0v) is 8.80. The SMILES string of the molecule is C=CC(=O)N(CC(=O)O)Cc1ccccc1. The van der Waals surface area contributed by atoms with E-state index in [4.69, 9.17) is 5.11 Å². The van der Waals surface area contributed by atoms with Gasteiger partial charge in [-0.15, -0.1) is 0 Å². The molecule has 1 N–H and O–H groups in total. The maximum Gasteiger partial charge on any atom is 0.323 e. The fourth-order valence-electron chi connectivity index (χ4n) is 1.31. The molecule has 0 atom stereocenters. The van der Waals surface area contributed by atoms with E-state index in [2.05, 4.69) is 6.58 Å². The monoisotopic (exact) mass is 219 g/mol. The van der Waals surface area contributed by atoms with Crippen LogP contribution in [-0.4, -0.2) is 28.4 Å². The van der Waals surface area contributed by atoms with E-state index >= 15 is 0 Å². The molecular formula is C12H13NO3. The number of hydrogen-bond acceptors (Lipinski definition) is 2. The van der Waals surface area contributed by atoms with Gasteiger partial charge in [-0.05, 0) is 11.6 Å². The lowest BCUT2D eigenvalue weighted by Gasteiger charge is -2.18. The lowest BCUT2D eigenvalue weighted by atomic mass is 10.2. The highest BCUT2D eigenvalue weighted by molar-refractivity contribution is 5.89. The maximum atomic E-state index is 11.4. The van der Waals surface area contributed by atoms with Crippen LogP contribution >= 0.6 is 0 Å². The Morgan fingerprint density at radius 1 is 1.31 bits per heavy atom. The average Bonchev–Trinajstić information content (AvgIpc) is 2.28. The third-order valence-electron chi connectivity index (χ3n) is 2.03. The van der Waals surface area contributed by atoms with Gasteiger partial charge < -0.3 is 10.0 Å². The normalized spacial score (nSPS) is 9.50. The van der Waals surface area contributed by atoms with Crippen LogP contribution in [0.25, 0.3) is 0 Å². The number of benzene rings is 1. The maximum absolute atomic E-state index is 11.4. The molecule has 84 valence electrons. The Kier molecular flexibility index (Phi) is 4.27. The van der Waals surface area contributed by atoms with Crippen LogP contribution in [0.15, 0.2) is 43.0 Å². The topological polar surface area (TPSA) is 57.6 Å². The number of hydrogen-bond donors (Lipinski definition) is 1. The highest BCUT2D eigenvalue weighted by Crippen LogP contribution is 2.04. The van der Waals surface area contributed by atoms with E-state index in [1.165, 1.54) is 4.90 Å². The molecule has 0 fully saturated rings. The summed E-state index contributed by atoms with van der Waals surface area (Å²) in [6.07, 6.45) is 1.12. The van der Waals surface area contributed by atoms with Gasteiger partial charge >= 0.3 is 5.97 Å². The van der Waals surface area contributed by atoms with E-state index in [0.717, 1.165) is 11.6 Å². The smallest absolute Gasteiger partial charge is 0.323 e. The van der Waals surface area contributed by atoms with Gasteiger partial charge in [0, 0.05) is 6.54 Å². The van der Waals surface area contributed by atoms with Crippen LogP contribution in [0.1, 0.15) is 5.56 Å². The van der Waals surface area contributed by atoms with Crippen molar-refractivity contribution in [3.8, 4) is 0 Å². The lowest BCUT2D eigenvalue weighted by Crippen LogP contribution is -2.33. The van der Waals surface area contributed by atoms with Gasteiger partial charge in [0.05, 0.1) is 0 Å². The molecule has 0 spiro atoms. The van der Waals surface area contributed by atoms with Crippen molar-refractivity contribution in [1.29, 1.82) is 0 Å². The molecule has 16 heavy (non-hydrogen) atoms. The molecular weight excluding hydrogens is 206 g/mol. The van der Waals surface area contributed by atoms with Crippen molar-refractivity contribution < 1.29 is 14.7 Å². The number of carboxylic acid groups (broad SMARTS) is 1. The first-order chi connectivity index (χ1) is 7.63. The number of nitrogens with zero attached hydrogens (tertiary/aromatic N) is 1. The molecule has 0 aliphatic rings. The molecule has 0 saturated heterocycles. The van der Waals surface area contributed by atoms with Gasteiger partial charge in [-0.1, -0.05) is 36.9 Å². The molecule has 1 rings (SSSR count). The van der Waals surface area contributed by atoms with Crippen molar-refractivity contribution >= 4 is 11.9 Å². The minimum atomic E-state index is -1.04. The van der Waals surface area contributed by atoms with Crippen LogP contribution in [0.5, 0.6) is 0 Å². The molecule has 0 bridgehead atoms. The van der Waals surface area contributed by atoms with E-state index in [0.29, 0.717) is 0 Å². The zero-order valence-electron chi connectivity index (χ0n) is 8.80. The summed E-state index contributed by atoms with van der Waals surface area (Å²) in [5.41, 5.74) is 0.888. The number of carboxylic acids is 1. The zero-order chi connectivity index (χ0) is 12.0. The highest BCUT2D eigenvalue weighted by Gasteiger charge is 2.13. The average molecular weight is 219 g/mol. The molecule has 1 aromatic carbocycles. The van der Waals surface area contributed by atoms with Crippen molar-refractivity contribution in [2.24, 2.45) is 0 Å². The summed E-state index contributed by atoms with van der Waals surface area (Å²) in [6, 6.07) is 9.22. The summed E-state index contributed by atoms with van der Waals surface area (Å²) < 4.78 is 0. The molecule has 0 aromatic heterocycles. The van der Waals surface area contributed by atoms with Crippen molar-refractivity contribution in [1.82, 2.24) is 4.90 Å². The standard InChI is InChI=1S/C12H13NO3/c1-2-11(14)13(9-12(15)16)8-10-6-4-3-5-7-10/h2-7H,1,8-9H2,(H,15,16). The van der Waals surface area contributed by atoms with Gasteiger partial charge in [-0.25, -0.2) is 0 Å². The summed E-state index contributed by atoms with van der Waals surface area (Å²) in [6.45, 7) is 3.30. The van der Waals surface area contributed by atoms with Gasteiger partial charge in [0.1, 0.15) is 6.54 Å². The predicted molar refractivity (Wildman–Crippen MR) is 59.7 cm³/mol. The molecule has 0 unspecified atom stereocenters. The van der Waals surface area contributed by atoms with Crippen LogP contribution in [0.2, 0.25) is 0 Å². The molecule has 1 amide bonds. The largest absolute Gasteiger partial charge is 0.480 e. The van der Waals surface area contributed by atoms with Crippen molar-refractivity contribution in [2.75, 3.05) is 6.54 Å². The Hall–Kier alpha value is -2.10. The Morgan fingerprint density at radius 2 is 1.94 bits per heavy atom. The first kappa shape index (κ1) is 12.0. The number of aliphatic carboxylic acids is 1. The summed E-state index contributed by atoms with van der Waals surface area (Å²) in [5, 5.41) is 8.68. The van der Waals surface area contributed by atoms with Crippen LogP contribution in [-0.2, 0) is 16.1 Å². The lowest BCUT2D eigenvalue weighted by molar-refractivity contribution is -0.143. The van der Waals surface area contributed by atoms with E-state index in [1.54, 1.807) is 0 Å². The second-order valence-electron chi connectivity index (χ2n) is 3.28. The highest BCUT2D eigenvalue weighted by atomic mass is 16.4. The van der Waals surface area contributed by atoms with E-state index in [9.17, 15) is 9.59 Å². The minimum absolute atomic E-state index is 0.276. The first-order valence-corrected chi connectivity index (χ1v) is 4.80. The van der Waals surface area contributed by atoms with E-state index in [1.807, 2.05) is 30.3 Å². The number of amides is 1. The molecule has 1 aromatic rings. The fourth-order valence-corrected chi connectivity index (χ4v) is 1.31. The van der Waals surface area contributed by atoms with Gasteiger partial charge in [0.2, 0.25) is 5.91 Å². The van der Waals surface area contributed by atoms with Gasteiger partial charge in [0.15, 0.2) is 0 Å². The van der Waals surface area contributed by atoms with E-state index in [-0.39, 0.29) is 19.0 Å². The van der Waals surface area contributed by atoms with Crippen LogP contribution in [0.3, 0.4) is 0 Å². The second kappa shape index (κ2) is 5.70. The summed E-state index contributed by atoms with van der Waals surface area (Å²) in [4.78, 5) is 23.2.